The van der Waals surface area contributed by atoms with Crippen molar-refractivity contribution in [2.24, 2.45) is 0 Å². The first-order chi connectivity index (χ1) is 11.2. The third-order valence-electron chi connectivity index (χ3n) is 3.56. The summed E-state index contributed by atoms with van der Waals surface area (Å²) in [7, 11) is 1.59. The first-order valence-corrected chi connectivity index (χ1v) is 7.57. The van der Waals surface area contributed by atoms with Crippen molar-refractivity contribution in [3.63, 3.8) is 0 Å². The number of nitrogens with zero attached hydrogens (tertiary/aromatic N) is 1. The van der Waals surface area contributed by atoms with Gasteiger partial charge in [-0.15, -0.1) is 0 Å². The van der Waals surface area contributed by atoms with E-state index in [1.165, 1.54) is 12.1 Å². The highest BCUT2D eigenvalue weighted by Crippen LogP contribution is 2.31. The van der Waals surface area contributed by atoms with Crippen LogP contribution in [0.3, 0.4) is 0 Å². The predicted molar refractivity (Wildman–Crippen MR) is 90.4 cm³/mol. The van der Waals surface area contributed by atoms with E-state index >= 15 is 0 Å². The van der Waals surface area contributed by atoms with E-state index in [9.17, 15) is 4.39 Å². The van der Waals surface area contributed by atoms with Gasteiger partial charge in [-0.25, -0.2) is 9.37 Å². The molecule has 0 fully saturated rings. The molecule has 0 atom stereocenters. The highest BCUT2D eigenvalue weighted by molar-refractivity contribution is 6.30. The van der Waals surface area contributed by atoms with E-state index in [0.717, 1.165) is 22.3 Å². The number of hydrogen-bond acceptors (Lipinski definition) is 2. The fourth-order valence-corrected chi connectivity index (χ4v) is 2.65. The molecular weight excluding hydrogens is 313 g/mol. The first-order valence-electron chi connectivity index (χ1n) is 7.19. The Balaban J connectivity index is 1.97. The number of ether oxygens (including phenoxy) is 1. The van der Waals surface area contributed by atoms with E-state index in [2.05, 4.69) is 4.98 Å². The molecule has 4 heteroatoms. The summed E-state index contributed by atoms with van der Waals surface area (Å²) in [6.45, 7) is 0. The van der Waals surface area contributed by atoms with Gasteiger partial charge >= 0.3 is 0 Å². The molecule has 0 radical (unpaired) electrons. The standard InChI is InChI=1S/C19H15ClFNO/c1-23-19-18(15-3-2-4-16(20)11-15)10-14(12-22-19)9-13-5-7-17(21)8-6-13/h2-8,10-12H,9H2,1H3. The Hall–Kier alpha value is -2.39. The van der Waals surface area contributed by atoms with E-state index in [4.69, 9.17) is 16.3 Å². The molecule has 0 N–H and O–H groups in total. The van der Waals surface area contributed by atoms with Crippen LogP contribution < -0.4 is 4.74 Å². The maximum absolute atomic E-state index is 13.0. The molecule has 2 nitrogen and oxygen atoms in total. The second-order valence-electron chi connectivity index (χ2n) is 5.21. The van der Waals surface area contributed by atoms with E-state index in [1.54, 1.807) is 25.4 Å². The summed E-state index contributed by atoms with van der Waals surface area (Å²) in [4.78, 5) is 4.38. The van der Waals surface area contributed by atoms with Crippen molar-refractivity contribution < 1.29 is 9.13 Å². The summed E-state index contributed by atoms with van der Waals surface area (Å²) in [5.41, 5.74) is 3.88. The van der Waals surface area contributed by atoms with Crippen LogP contribution in [0.15, 0.2) is 60.8 Å². The van der Waals surface area contributed by atoms with Crippen LogP contribution in [0.5, 0.6) is 5.88 Å². The molecule has 0 bridgehead atoms. The molecule has 2 aromatic carbocycles. The molecule has 0 aliphatic rings. The normalized spacial score (nSPS) is 10.6. The zero-order valence-electron chi connectivity index (χ0n) is 12.6. The Labute approximate surface area is 139 Å². The minimum absolute atomic E-state index is 0.235. The summed E-state index contributed by atoms with van der Waals surface area (Å²) >= 11 is 6.08. The monoisotopic (exact) mass is 327 g/mol. The lowest BCUT2D eigenvalue weighted by atomic mass is 10.0. The summed E-state index contributed by atoms with van der Waals surface area (Å²) < 4.78 is 18.4. The van der Waals surface area contributed by atoms with E-state index in [1.807, 2.05) is 30.3 Å². The number of benzene rings is 2. The quantitative estimate of drug-likeness (QED) is 0.662. The number of methoxy groups -OCH3 is 1. The fraction of sp³-hybridized carbons (Fsp3) is 0.105. The Morgan fingerprint density at radius 3 is 2.52 bits per heavy atom. The highest BCUT2D eigenvalue weighted by Gasteiger charge is 2.10. The molecular formula is C19H15ClFNO. The van der Waals surface area contributed by atoms with Crippen molar-refractivity contribution in [2.45, 2.75) is 6.42 Å². The smallest absolute Gasteiger partial charge is 0.221 e. The van der Waals surface area contributed by atoms with Gasteiger partial charge in [-0.1, -0.05) is 35.9 Å². The van der Waals surface area contributed by atoms with Crippen LogP contribution in [0, 0.1) is 5.82 Å². The van der Waals surface area contributed by atoms with Gasteiger partial charge in [-0.05, 0) is 53.4 Å². The van der Waals surface area contributed by atoms with Crippen molar-refractivity contribution in [3.05, 3.63) is 82.8 Å². The molecule has 1 aromatic heterocycles. The maximum atomic E-state index is 13.0. The lowest BCUT2D eigenvalue weighted by Crippen LogP contribution is -1.96. The van der Waals surface area contributed by atoms with Gasteiger partial charge in [0.25, 0.3) is 0 Å². The lowest BCUT2D eigenvalue weighted by Gasteiger charge is -2.10. The average molecular weight is 328 g/mol. The van der Waals surface area contributed by atoms with Crippen molar-refractivity contribution in [1.29, 1.82) is 0 Å². The highest BCUT2D eigenvalue weighted by atomic mass is 35.5. The van der Waals surface area contributed by atoms with E-state index < -0.39 is 0 Å². The van der Waals surface area contributed by atoms with Gasteiger partial charge in [-0.2, -0.15) is 0 Å². The molecule has 0 aliphatic heterocycles. The summed E-state index contributed by atoms with van der Waals surface area (Å²) in [6, 6.07) is 16.1. The number of halogens is 2. The van der Waals surface area contributed by atoms with Crippen LogP contribution in [0.1, 0.15) is 11.1 Å². The van der Waals surface area contributed by atoms with Crippen molar-refractivity contribution in [2.75, 3.05) is 7.11 Å². The SMILES string of the molecule is COc1ncc(Cc2ccc(F)cc2)cc1-c1cccc(Cl)c1. The number of aromatic nitrogens is 1. The van der Waals surface area contributed by atoms with Crippen molar-refractivity contribution in [3.8, 4) is 17.0 Å². The number of hydrogen-bond donors (Lipinski definition) is 0. The molecule has 116 valence electrons. The Morgan fingerprint density at radius 2 is 1.83 bits per heavy atom. The van der Waals surface area contributed by atoms with Gasteiger partial charge in [0, 0.05) is 16.8 Å². The molecule has 3 rings (SSSR count). The molecule has 3 aromatic rings. The molecule has 1 heterocycles. The Kier molecular flexibility index (Phi) is 4.58. The van der Waals surface area contributed by atoms with Gasteiger partial charge in [0.15, 0.2) is 0 Å². The third-order valence-corrected chi connectivity index (χ3v) is 3.79. The van der Waals surface area contributed by atoms with Gasteiger partial charge in [0.05, 0.1) is 7.11 Å². The summed E-state index contributed by atoms with van der Waals surface area (Å²) in [5.74, 6) is 0.316. The van der Waals surface area contributed by atoms with Crippen molar-refractivity contribution >= 4 is 11.6 Å². The van der Waals surface area contributed by atoms with Crippen LogP contribution in [0.4, 0.5) is 4.39 Å². The molecule has 23 heavy (non-hydrogen) atoms. The lowest BCUT2D eigenvalue weighted by molar-refractivity contribution is 0.399. The molecule has 0 saturated heterocycles. The fourth-order valence-electron chi connectivity index (χ4n) is 2.46. The first kappa shape index (κ1) is 15.5. The van der Waals surface area contributed by atoms with E-state index in [0.29, 0.717) is 17.3 Å². The zero-order chi connectivity index (χ0) is 16.2. The zero-order valence-corrected chi connectivity index (χ0v) is 13.3. The largest absolute Gasteiger partial charge is 0.481 e. The minimum atomic E-state index is -0.235. The second kappa shape index (κ2) is 6.80. The van der Waals surface area contributed by atoms with Crippen LogP contribution in [0.25, 0.3) is 11.1 Å². The van der Waals surface area contributed by atoms with Crippen LogP contribution >= 0.6 is 11.6 Å². The molecule has 0 saturated carbocycles. The molecule has 0 spiro atoms. The number of pyridine rings is 1. The van der Waals surface area contributed by atoms with Gasteiger partial charge < -0.3 is 4.74 Å². The topological polar surface area (TPSA) is 22.1 Å². The van der Waals surface area contributed by atoms with Crippen LogP contribution in [-0.4, -0.2) is 12.1 Å². The molecule has 0 aliphatic carbocycles. The maximum Gasteiger partial charge on any atom is 0.221 e. The minimum Gasteiger partial charge on any atom is -0.481 e. The average Bonchev–Trinajstić information content (AvgIpc) is 2.57. The second-order valence-corrected chi connectivity index (χ2v) is 5.65. The van der Waals surface area contributed by atoms with Crippen molar-refractivity contribution in [1.82, 2.24) is 4.98 Å². The molecule has 0 unspecified atom stereocenters. The Bertz CT molecular complexity index is 818. The molecule has 0 amide bonds. The summed E-state index contributed by atoms with van der Waals surface area (Å²) in [6.07, 6.45) is 2.45. The third kappa shape index (κ3) is 3.69. The predicted octanol–water partition coefficient (Wildman–Crippen LogP) is 5.14. The van der Waals surface area contributed by atoms with Gasteiger partial charge in [0.2, 0.25) is 5.88 Å². The Morgan fingerprint density at radius 1 is 1.04 bits per heavy atom. The van der Waals surface area contributed by atoms with E-state index in [-0.39, 0.29) is 5.82 Å². The van der Waals surface area contributed by atoms with Gasteiger partial charge in [-0.3, -0.25) is 0 Å². The number of rotatable bonds is 4. The van der Waals surface area contributed by atoms with Crippen LogP contribution in [-0.2, 0) is 6.42 Å². The summed E-state index contributed by atoms with van der Waals surface area (Å²) in [5, 5.41) is 0.661. The van der Waals surface area contributed by atoms with Gasteiger partial charge in [0.1, 0.15) is 5.82 Å². The van der Waals surface area contributed by atoms with Crippen LogP contribution in [0.2, 0.25) is 5.02 Å².